The summed E-state index contributed by atoms with van der Waals surface area (Å²) in [5.41, 5.74) is 6.28. The van der Waals surface area contributed by atoms with Crippen molar-refractivity contribution in [3.63, 3.8) is 0 Å². The van der Waals surface area contributed by atoms with Gasteiger partial charge in [0.05, 0.1) is 4.47 Å². The third-order valence-corrected chi connectivity index (χ3v) is 3.22. The van der Waals surface area contributed by atoms with E-state index in [1.165, 1.54) is 30.3 Å². The Morgan fingerprint density at radius 3 is 2.47 bits per heavy atom. The van der Waals surface area contributed by atoms with E-state index in [0.717, 1.165) is 0 Å². The number of rotatable bonds is 4. The molecule has 2 aromatic rings. The molecule has 0 amide bonds. The van der Waals surface area contributed by atoms with Crippen LogP contribution < -0.4 is 10.5 Å². The van der Waals surface area contributed by atoms with Gasteiger partial charge in [0.25, 0.3) is 0 Å². The molecule has 1 atom stereocenters. The van der Waals surface area contributed by atoms with Gasteiger partial charge in [0.2, 0.25) is 0 Å². The quantitative estimate of drug-likeness (QED) is 0.926. The topological polar surface area (TPSA) is 35.2 Å². The Kier molecular flexibility index (Phi) is 4.50. The Labute approximate surface area is 118 Å². The minimum atomic E-state index is -0.488. The number of hydrogen-bond acceptors (Lipinski definition) is 2. The van der Waals surface area contributed by atoms with Crippen LogP contribution in [0.1, 0.15) is 11.7 Å². The highest BCUT2D eigenvalue weighted by atomic mass is 79.9. The fourth-order valence-electron chi connectivity index (χ4n) is 1.68. The molecule has 0 aliphatic heterocycles. The molecule has 0 aromatic heterocycles. The molecular weight excluding hydrogens is 316 g/mol. The summed E-state index contributed by atoms with van der Waals surface area (Å²) in [7, 11) is 0. The average Bonchev–Trinajstić information content (AvgIpc) is 2.38. The predicted octanol–water partition coefficient (Wildman–Crippen LogP) is 3.81. The fraction of sp³-hybridized carbons (Fsp3) is 0.143. The first-order chi connectivity index (χ1) is 9.10. The van der Waals surface area contributed by atoms with Crippen LogP contribution >= 0.6 is 15.9 Å². The number of benzene rings is 2. The number of halogens is 3. The molecular formula is C14H12BrF2NO. The lowest BCUT2D eigenvalue weighted by Crippen LogP contribution is -2.18. The van der Waals surface area contributed by atoms with E-state index in [1.807, 2.05) is 0 Å². The van der Waals surface area contributed by atoms with Crippen LogP contribution in [0.25, 0.3) is 0 Å². The standard InChI is InChI=1S/C14H12BrF2NO/c15-12-7-11(17)4-5-13(12)19-14(8-18)9-2-1-3-10(16)6-9/h1-7,14H,8,18H2. The molecule has 0 heterocycles. The summed E-state index contributed by atoms with van der Waals surface area (Å²) in [5.74, 6) is -0.256. The molecule has 0 bridgehead atoms. The molecule has 0 saturated heterocycles. The van der Waals surface area contributed by atoms with Crippen LogP contribution in [0.4, 0.5) is 8.78 Å². The van der Waals surface area contributed by atoms with Crippen LogP contribution in [0.3, 0.4) is 0 Å². The van der Waals surface area contributed by atoms with Crippen molar-refractivity contribution in [2.24, 2.45) is 5.73 Å². The van der Waals surface area contributed by atoms with Crippen LogP contribution in [-0.2, 0) is 0 Å². The summed E-state index contributed by atoms with van der Waals surface area (Å²) in [6, 6.07) is 10.1. The van der Waals surface area contributed by atoms with Crippen molar-refractivity contribution < 1.29 is 13.5 Å². The SMILES string of the molecule is NCC(Oc1ccc(F)cc1Br)c1cccc(F)c1. The summed E-state index contributed by atoms with van der Waals surface area (Å²) < 4.78 is 32.3. The number of hydrogen-bond donors (Lipinski definition) is 1. The molecule has 0 spiro atoms. The molecule has 2 rings (SSSR count). The fourth-order valence-corrected chi connectivity index (χ4v) is 2.13. The van der Waals surface area contributed by atoms with Gasteiger partial charge >= 0.3 is 0 Å². The Balaban J connectivity index is 2.24. The normalized spacial score (nSPS) is 12.2. The van der Waals surface area contributed by atoms with Crippen LogP contribution in [0.2, 0.25) is 0 Å². The minimum absolute atomic E-state index is 0.188. The Hall–Kier alpha value is -1.46. The molecule has 0 fully saturated rings. The zero-order valence-electron chi connectivity index (χ0n) is 9.95. The van der Waals surface area contributed by atoms with Crippen molar-refractivity contribution in [2.75, 3.05) is 6.54 Å². The molecule has 0 radical (unpaired) electrons. The molecule has 2 nitrogen and oxygen atoms in total. The largest absolute Gasteiger partial charge is 0.483 e. The van der Waals surface area contributed by atoms with Crippen molar-refractivity contribution in [3.8, 4) is 5.75 Å². The smallest absolute Gasteiger partial charge is 0.136 e. The van der Waals surface area contributed by atoms with Gasteiger partial charge in [-0.15, -0.1) is 0 Å². The van der Waals surface area contributed by atoms with E-state index in [-0.39, 0.29) is 18.2 Å². The van der Waals surface area contributed by atoms with Gasteiger partial charge in [-0.2, -0.15) is 0 Å². The summed E-state index contributed by atoms with van der Waals surface area (Å²) in [6.07, 6.45) is -0.488. The first kappa shape index (κ1) is 14.0. The first-order valence-electron chi connectivity index (χ1n) is 5.67. The van der Waals surface area contributed by atoms with E-state index >= 15 is 0 Å². The lowest BCUT2D eigenvalue weighted by Gasteiger charge is -2.18. The van der Waals surface area contributed by atoms with Gasteiger partial charge in [-0.3, -0.25) is 0 Å². The molecule has 2 N–H and O–H groups in total. The van der Waals surface area contributed by atoms with Gasteiger partial charge in [0, 0.05) is 6.54 Å². The summed E-state index contributed by atoms with van der Waals surface area (Å²) >= 11 is 3.21. The summed E-state index contributed by atoms with van der Waals surface area (Å²) in [6.45, 7) is 0.188. The van der Waals surface area contributed by atoms with Gasteiger partial charge < -0.3 is 10.5 Å². The molecule has 5 heteroatoms. The Morgan fingerprint density at radius 1 is 1.11 bits per heavy atom. The molecule has 2 aromatic carbocycles. The molecule has 1 unspecified atom stereocenters. The van der Waals surface area contributed by atoms with Gasteiger partial charge in [-0.1, -0.05) is 12.1 Å². The molecule has 0 aliphatic rings. The minimum Gasteiger partial charge on any atom is -0.483 e. The highest BCUT2D eigenvalue weighted by Crippen LogP contribution is 2.29. The van der Waals surface area contributed by atoms with Gasteiger partial charge in [0.1, 0.15) is 23.5 Å². The highest BCUT2D eigenvalue weighted by molar-refractivity contribution is 9.10. The second kappa shape index (κ2) is 6.12. The van der Waals surface area contributed by atoms with Crippen LogP contribution in [-0.4, -0.2) is 6.54 Å². The van der Waals surface area contributed by atoms with Crippen LogP contribution in [0, 0.1) is 11.6 Å². The molecule has 0 aliphatic carbocycles. The van der Waals surface area contributed by atoms with Crippen molar-refractivity contribution >= 4 is 15.9 Å². The van der Waals surface area contributed by atoms with E-state index in [2.05, 4.69) is 15.9 Å². The third kappa shape index (κ3) is 3.52. The van der Waals surface area contributed by atoms with E-state index in [9.17, 15) is 8.78 Å². The maximum Gasteiger partial charge on any atom is 0.136 e. The van der Waals surface area contributed by atoms with E-state index < -0.39 is 6.10 Å². The first-order valence-corrected chi connectivity index (χ1v) is 6.46. The lowest BCUT2D eigenvalue weighted by molar-refractivity contribution is 0.212. The summed E-state index contributed by atoms with van der Waals surface area (Å²) in [4.78, 5) is 0. The number of nitrogens with two attached hydrogens (primary N) is 1. The zero-order chi connectivity index (χ0) is 13.8. The molecule has 19 heavy (non-hydrogen) atoms. The van der Waals surface area contributed by atoms with Gasteiger partial charge in [0.15, 0.2) is 0 Å². The van der Waals surface area contributed by atoms with Crippen molar-refractivity contribution in [3.05, 3.63) is 64.1 Å². The second-order valence-corrected chi connectivity index (χ2v) is 4.83. The number of ether oxygens (including phenoxy) is 1. The summed E-state index contributed by atoms with van der Waals surface area (Å²) in [5, 5.41) is 0. The van der Waals surface area contributed by atoms with Gasteiger partial charge in [-0.05, 0) is 51.8 Å². The third-order valence-electron chi connectivity index (χ3n) is 2.60. The Morgan fingerprint density at radius 2 is 1.84 bits per heavy atom. The maximum absolute atomic E-state index is 13.2. The predicted molar refractivity (Wildman–Crippen MR) is 72.9 cm³/mol. The second-order valence-electron chi connectivity index (χ2n) is 3.97. The monoisotopic (exact) mass is 327 g/mol. The Bertz CT molecular complexity index is 577. The van der Waals surface area contributed by atoms with E-state index in [4.69, 9.17) is 10.5 Å². The van der Waals surface area contributed by atoms with Gasteiger partial charge in [-0.25, -0.2) is 8.78 Å². The van der Waals surface area contributed by atoms with Crippen LogP contribution in [0.5, 0.6) is 5.75 Å². The highest BCUT2D eigenvalue weighted by Gasteiger charge is 2.14. The lowest BCUT2D eigenvalue weighted by atomic mass is 10.1. The molecule has 100 valence electrons. The zero-order valence-corrected chi connectivity index (χ0v) is 11.5. The van der Waals surface area contributed by atoms with Crippen molar-refractivity contribution in [2.45, 2.75) is 6.10 Å². The van der Waals surface area contributed by atoms with E-state index in [1.54, 1.807) is 12.1 Å². The van der Waals surface area contributed by atoms with Crippen molar-refractivity contribution in [1.29, 1.82) is 0 Å². The average molecular weight is 328 g/mol. The maximum atomic E-state index is 13.2. The van der Waals surface area contributed by atoms with Crippen LogP contribution in [0.15, 0.2) is 46.9 Å². The van der Waals surface area contributed by atoms with E-state index in [0.29, 0.717) is 15.8 Å². The van der Waals surface area contributed by atoms with Crippen molar-refractivity contribution in [1.82, 2.24) is 0 Å². The molecule has 0 saturated carbocycles.